The van der Waals surface area contributed by atoms with E-state index in [1.807, 2.05) is 0 Å². The third-order valence-corrected chi connectivity index (χ3v) is 4.65. The van der Waals surface area contributed by atoms with E-state index < -0.39 is 6.10 Å². The molecule has 0 spiro atoms. The second-order valence-corrected chi connectivity index (χ2v) is 5.16. The summed E-state index contributed by atoms with van der Waals surface area (Å²) in [4.78, 5) is 0. The Morgan fingerprint density at radius 1 is 1.38 bits per heavy atom. The average molecular weight is 183 g/mol. The lowest BCUT2D eigenvalue weighted by Gasteiger charge is -2.35. The number of aliphatic hydroxyl groups excluding tert-OH is 1. The van der Waals surface area contributed by atoms with E-state index in [0.717, 1.165) is 12.8 Å². The van der Waals surface area contributed by atoms with Crippen molar-refractivity contribution in [2.24, 2.45) is 21.9 Å². The van der Waals surface area contributed by atoms with Crippen LogP contribution in [0.4, 0.5) is 0 Å². The number of hydrogen-bond acceptors (Lipinski definition) is 3. The fraction of sp³-hybridized carbons (Fsp3) is 0.900. The average Bonchev–Trinajstić information content (AvgIpc) is 2.36. The monoisotopic (exact) mass is 183 g/mol. The van der Waals surface area contributed by atoms with Gasteiger partial charge in [0.1, 0.15) is 6.10 Å². The van der Waals surface area contributed by atoms with E-state index in [0.29, 0.717) is 5.71 Å². The number of aliphatic hydroxyl groups is 1. The van der Waals surface area contributed by atoms with Crippen LogP contribution in [0.2, 0.25) is 0 Å². The lowest BCUT2D eigenvalue weighted by atomic mass is 9.70. The lowest BCUT2D eigenvalue weighted by Crippen LogP contribution is -2.37. The summed E-state index contributed by atoms with van der Waals surface area (Å²) in [6, 6.07) is 0. The van der Waals surface area contributed by atoms with Crippen molar-refractivity contribution in [2.75, 3.05) is 0 Å². The molecular weight excluding hydrogens is 166 g/mol. The van der Waals surface area contributed by atoms with E-state index in [4.69, 9.17) is 5.21 Å². The van der Waals surface area contributed by atoms with Crippen molar-refractivity contribution >= 4 is 5.71 Å². The molecule has 3 nitrogen and oxygen atoms in total. The van der Waals surface area contributed by atoms with Crippen LogP contribution in [-0.2, 0) is 0 Å². The maximum atomic E-state index is 9.98. The van der Waals surface area contributed by atoms with Crippen LogP contribution in [0.25, 0.3) is 0 Å². The minimum atomic E-state index is -0.550. The Balaban J connectivity index is 2.51. The topological polar surface area (TPSA) is 52.8 Å². The van der Waals surface area contributed by atoms with Crippen molar-refractivity contribution in [2.45, 2.75) is 39.7 Å². The van der Waals surface area contributed by atoms with Gasteiger partial charge in [0.05, 0.1) is 5.71 Å². The first-order valence-corrected chi connectivity index (χ1v) is 4.85. The SMILES string of the molecule is CC1(C)[C@@H]2CC[C@]1(C)[C@H](O)C2=NO. The van der Waals surface area contributed by atoms with Gasteiger partial charge >= 0.3 is 0 Å². The van der Waals surface area contributed by atoms with Gasteiger partial charge in [-0.1, -0.05) is 25.9 Å². The molecule has 0 aliphatic heterocycles. The Bertz CT molecular complexity index is 272. The van der Waals surface area contributed by atoms with Gasteiger partial charge in [0, 0.05) is 11.3 Å². The highest BCUT2D eigenvalue weighted by molar-refractivity contribution is 5.95. The van der Waals surface area contributed by atoms with E-state index in [9.17, 15) is 5.11 Å². The van der Waals surface area contributed by atoms with Gasteiger partial charge in [0.2, 0.25) is 0 Å². The van der Waals surface area contributed by atoms with Crippen LogP contribution in [0.15, 0.2) is 5.16 Å². The zero-order valence-electron chi connectivity index (χ0n) is 8.41. The minimum Gasteiger partial charge on any atom is -0.411 e. The van der Waals surface area contributed by atoms with Gasteiger partial charge in [-0.3, -0.25) is 0 Å². The third-order valence-electron chi connectivity index (χ3n) is 4.65. The van der Waals surface area contributed by atoms with Gasteiger partial charge in [0.15, 0.2) is 0 Å². The molecule has 2 rings (SSSR count). The Morgan fingerprint density at radius 2 is 2.00 bits per heavy atom. The van der Waals surface area contributed by atoms with Crippen LogP contribution >= 0.6 is 0 Å². The summed E-state index contributed by atoms with van der Waals surface area (Å²) in [5, 5.41) is 22.1. The molecule has 0 aromatic carbocycles. The highest BCUT2D eigenvalue weighted by Crippen LogP contribution is 2.64. The van der Waals surface area contributed by atoms with Crippen molar-refractivity contribution in [1.82, 2.24) is 0 Å². The summed E-state index contributed by atoms with van der Waals surface area (Å²) in [6.07, 6.45) is 1.52. The van der Waals surface area contributed by atoms with Crippen molar-refractivity contribution in [3.63, 3.8) is 0 Å². The van der Waals surface area contributed by atoms with Gasteiger partial charge in [-0.25, -0.2) is 0 Å². The molecule has 0 aromatic heterocycles. The van der Waals surface area contributed by atoms with Crippen LogP contribution in [0, 0.1) is 16.7 Å². The Morgan fingerprint density at radius 3 is 2.31 bits per heavy atom. The van der Waals surface area contributed by atoms with Gasteiger partial charge in [-0.2, -0.15) is 0 Å². The van der Waals surface area contributed by atoms with Crippen molar-refractivity contribution in [1.29, 1.82) is 0 Å². The quantitative estimate of drug-likeness (QED) is 0.443. The van der Waals surface area contributed by atoms with E-state index in [2.05, 4.69) is 25.9 Å². The molecule has 2 N–H and O–H groups in total. The van der Waals surface area contributed by atoms with E-state index in [-0.39, 0.29) is 16.7 Å². The zero-order chi connectivity index (χ0) is 9.85. The number of nitrogens with zero attached hydrogens (tertiary/aromatic N) is 1. The number of rotatable bonds is 0. The number of hydrogen-bond donors (Lipinski definition) is 2. The molecule has 0 amide bonds. The molecule has 2 fully saturated rings. The number of oxime groups is 1. The number of fused-ring (bicyclic) bond motifs is 2. The van der Waals surface area contributed by atoms with E-state index in [1.165, 1.54) is 0 Å². The first-order chi connectivity index (χ1) is 5.95. The third kappa shape index (κ3) is 0.766. The van der Waals surface area contributed by atoms with Crippen LogP contribution in [0.5, 0.6) is 0 Å². The second kappa shape index (κ2) is 2.27. The highest BCUT2D eigenvalue weighted by atomic mass is 16.4. The summed E-state index contributed by atoms with van der Waals surface area (Å²) < 4.78 is 0. The molecule has 0 saturated heterocycles. The molecule has 0 aromatic rings. The summed E-state index contributed by atoms with van der Waals surface area (Å²) in [6.45, 7) is 6.41. The van der Waals surface area contributed by atoms with Crippen LogP contribution in [0.3, 0.4) is 0 Å². The van der Waals surface area contributed by atoms with Crippen molar-refractivity contribution in [3.05, 3.63) is 0 Å². The Kier molecular flexibility index (Phi) is 1.57. The first-order valence-electron chi connectivity index (χ1n) is 4.85. The molecule has 2 aliphatic carbocycles. The molecule has 13 heavy (non-hydrogen) atoms. The van der Waals surface area contributed by atoms with Gasteiger partial charge in [0.25, 0.3) is 0 Å². The van der Waals surface area contributed by atoms with Gasteiger partial charge in [-0.15, -0.1) is 0 Å². The molecule has 2 saturated carbocycles. The zero-order valence-corrected chi connectivity index (χ0v) is 8.41. The molecule has 2 bridgehead atoms. The predicted octanol–water partition coefficient (Wildman–Crippen LogP) is 1.63. The first kappa shape index (κ1) is 9.00. The van der Waals surface area contributed by atoms with Crippen LogP contribution in [0.1, 0.15) is 33.6 Å². The molecule has 0 heterocycles. The molecule has 2 aliphatic rings. The summed E-state index contributed by atoms with van der Waals surface area (Å²) in [5.74, 6) is 0.262. The fourth-order valence-electron chi connectivity index (χ4n) is 3.17. The second-order valence-electron chi connectivity index (χ2n) is 5.16. The smallest absolute Gasteiger partial charge is 0.102 e. The highest BCUT2D eigenvalue weighted by Gasteiger charge is 2.64. The van der Waals surface area contributed by atoms with Crippen molar-refractivity contribution < 1.29 is 10.3 Å². The van der Waals surface area contributed by atoms with E-state index >= 15 is 0 Å². The van der Waals surface area contributed by atoms with Gasteiger partial charge in [-0.05, 0) is 18.3 Å². The molecule has 74 valence electrons. The summed E-state index contributed by atoms with van der Waals surface area (Å²) in [7, 11) is 0. The standard InChI is InChI=1S/C10H17NO2/c1-9(2)6-4-5-10(9,3)8(12)7(6)11-13/h6,8,12-13H,4-5H2,1-3H3/t6-,8-,10-/m1/s1. The molecule has 3 atom stereocenters. The Labute approximate surface area is 78.4 Å². The molecule has 0 unspecified atom stereocenters. The predicted molar refractivity (Wildman–Crippen MR) is 49.8 cm³/mol. The summed E-state index contributed by atoms with van der Waals surface area (Å²) in [5.41, 5.74) is 0.562. The minimum absolute atomic E-state index is 0.0635. The maximum absolute atomic E-state index is 9.98. The molecular formula is C10H17NO2. The lowest BCUT2D eigenvalue weighted by molar-refractivity contribution is 0.0332. The van der Waals surface area contributed by atoms with Crippen LogP contribution in [-0.4, -0.2) is 22.1 Å². The normalized spacial score (nSPS) is 50.3. The van der Waals surface area contributed by atoms with E-state index in [1.54, 1.807) is 0 Å². The Hall–Kier alpha value is -0.570. The molecule has 3 heteroatoms. The fourth-order valence-corrected chi connectivity index (χ4v) is 3.17. The van der Waals surface area contributed by atoms with Crippen LogP contribution < -0.4 is 0 Å². The molecule has 0 radical (unpaired) electrons. The summed E-state index contributed by atoms with van der Waals surface area (Å²) >= 11 is 0. The maximum Gasteiger partial charge on any atom is 0.102 e. The van der Waals surface area contributed by atoms with Gasteiger partial charge < -0.3 is 10.3 Å². The van der Waals surface area contributed by atoms with Crippen molar-refractivity contribution in [3.8, 4) is 0 Å². The largest absolute Gasteiger partial charge is 0.411 e.